The summed E-state index contributed by atoms with van der Waals surface area (Å²) < 4.78 is 5.31. The van der Waals surface area contributed by atoms with Gasteiger partial charge >= 0.3 is 0 Å². The van der Waals surface area contributed by atoms with Crippen molar-refractivity contribution in [3.63, 3.8) is 0 Å². The molecule has 0 aromatic heterocycles. The van der Waals surface area contributed by atoms with Crippen LogP contribution < -0.4 is 15.8 Å². The Labute approximate surface area is 127 Å². The highest BCUT2D eigenvalue weighted by Gasteiger charge is 2.17. The van der Waals surface area contributed by atoms with Crippen LogP contribution in [0.25, 0.3) is 0 Å². The molecule has 0 saturated carbocycles. The topological polar surface area (TPSA) is 64.3 Å². The van der Waals surface area contributed by atoms with Crippen molar-refractivity contribution in [1.29, 1.82) is 0 Å². The molecule has 114 valence electrons. The number of hydrogen-bond donors (Lipinski definition) is 2. The predicted octanol–water partition coefficient (Wildman–Crippen LogP) is 2.46. The van der Waals surface area contributed by atoms with Crippen LogP contribution in [0.2, 0.25) is 0 Å². The molecule has 1 amide bonds. The van der Waals surface area contributed by atoms with Crippen LogP contribution >= 0.6 is 12.4 Å². The minimum absolute atomic E-state index is 0. The number of rotatable bonds is 6. The first-order valence-corrected chi connectivity index (χ1v) is 6.52. The molecule has 1 rings (SSSR count). The molecule has 5 heteroatoms. The highest BCUT2D eigenvalue weighted by Crippen LogP contribution is 2.28. The molecule has 20 heavy (non-hydrogen) atoms. The third-order valence-corrected chi connectivity index (χ3v) is 2.90. The number of hydrogen-bond acceptors (Lipinski definition) is 3. The van der Waals surface area contributed by atoms with E-state index in [0.29, 0.717) is 13.0 Å². The average molecular weight is 301 g/mol. The zero-order valence-corrected chi connectivity index (χ0v) is 13.4. The number of halogens is 1. The summed E-state index contributed by atoms with van der Waals surface area (Å²) in [6.45, 7) is 6.27. The first-order valence-electron chi connectivity index (χ1n) is 6.52. The molecule has 1 atom stereocenters. The van der Waals surface area contributed by atoms with E-state index in [1.807, 2.05) is 45.0 Å². The maximum absolute atomic E-state index is 11.9. The number of carbonyl (C=O) groups excluding carboxylic acids is 1. The summed E-state index contributed by atoms with van der Waals surface area (Å²) in [4.78, 5) is 11.9. The number of amides is 1. The second-order valence-corrected chi connectivity index (χ2v) is 5.61. The lowest BCUT2D eigenvalue weighted by Gasteiger charge is -2.20. The summed E-state index contributed by atoms with van der Waals surface area (Å²) in [6, 6.07) is 7.78. The molecule has 0 spiro atoms. The van der Waals surface area contributed by atoms with Gasteiger partial charge in [-0.25, -0.2) is 0 Å². The van der Waals surface area contributed by atoms with Gasteiger partial charge in [0.05, 0.1) is 7.11 Å². The summed E-state index contributed by atoms with van der Waals surface area (Å²) in [7, 11) is 1.64. The largest absolute Gasteiger partial charge is 0.496 e. The van der Waals surface area contributed by atoms with E-state index in [2.05, 4.69) is 5.32 Å². The Balaban J connectivity index is 0.00000361. The second kappa shape index (κ2) is 8.12. The second-order valence-electron chi connectivity index (χ2n) is 5.61. The molecule has 0 fully saturated rings. The van der Waals surface area contributed by atoms with Gasteiger partial charge in [0.25, 0.3) is 0 Å². The third kappa shape index (κ3) is 6.26. The molecule has 0 aliphatic rings. The van der Waals surface area contributed by atoms with Crippen molar-refractivity contribution in [1.82, 2.24) is 5.32 Å². The lowest BCUT2D eigenvalue weighted by Crippen LogP contribution is -2.45. The van der Waals surface area contributed by atoms with Crippen molar-refractivity contribution in [3.05, 3.63) is 29.8 Å². The van der Waals surface area contributed by atoms with Crippen LogP contribution in [0.4, 0.5) is 0 Å². The highest BCUT2D eigenvalue weighted by atomic mass is 35.5. The summed E-state index contributed by atoms with van der Waals surface area (Å²) in [5.41, 5.74) is 6.50. The first-order chi connectivity index (χ1) is 8.83. The summed E-state index contributed by atoms with van der Waals surface area (Å²) >= 11 is 0. The standard InChI is InChI=1S/C15H24N2O2.ClH/c1-11(9-14(18)17-10-15(2,3)16)12-7-5-6-8-13(12)19-4;/h5-8,11H,9-10,16H2,1-4H3,(H,17,18);1H. The van der Waals surface area contributed by atoms with E-state index in [1.165, 1.54) is 0 Å². The van der Waals surface area contributed by atoms with Crippen molar-refractivity contribution < 1.29 is 9.53 Å². The van der Waals surface area contributed by atoms with Crippen molar-refractivity contribution in [2.24, 2.45) is 5.73 Å². The minimum atomic E-state index is -0.386. The minimum Gasteiger partial charge on any atom is -0.496 e. The molecule has 1 aromatic rings. The van der Waals surface area contributed by atoms with Crippen LogP contribution in [-0.4, -0.2) is 25.1 Å². The van der Waals surface area contributed by atoms with E-state index in [9.17, 15) is 4.79 Å². The molecule has 1 unspecified atom stereocenters. The highest BCUT2D eigenvalue weighted by molar-refractivity contribution is 5.85. The molecule has 1 aromatic carbocycles. The zero-order chi connectivity index (χ0) is 14.5. The summed E-state index contributed by atoms with van der Waals surface area (Å²) in [5.74, 6) is 0.941. The van der Waals surface area contributed by atoms with Gasteiger partial charge in [-0.1, -0.05) is 25.1 Å². The van der Waals surface area contributed by atoms with Gasteiger partial charge in [-0.2, -0.15) is 0 Å². The van der Waals surface area contributed by atoms with Gasteiger partial charge in [0.15, 0.2) is 0 Å². The summed E-state index contributed by atoms with van der Waals surface area (Å²) in [5, 5.41) is 2.86. The molecule has 0 radical (unpaired) electrons. The van der Waals surface area contributed by atoms with Gasteiger partial charge in [0.2, 0.25) is 5.91 Å². The molecule has 0 aliphatic heterocycles. The number of nitrogens with two attached hydrogens (primary N) is 1. The fraction of sp³-hybridized carbons (Fsp3) is 0.533. The fourth-order valence-corrected chi connectivity index (χ4v) is 1.86. The molecule has 0 bridgehead atoms. The lowest BCUT2D eigenvalue weighted by atomic mass is 9.96. The van der Waals surface area contributed by atoms with Gasteiger partial charge < -0.3 is 15.8 Å². The molecule has 0 saturated heterocycles. The normalized spacial score (nSPS) is 12.2. The van der Waals surface area contributed by atoms with Gasteiger partial charge in [-0.3, -0.25) is 4.79 Å². The van der Waals surface area contributed by atoms with E-state index >= 15 is 0 Å². The van der Waals surface area contributed by atoms with Gasteiger partial charge in [0.1, 0.15) is 5.75 Å². The van der Waals surface area contributed by atoms with E-state index in [4.69, 9.17) is 10.5 Å². The number of ether oxygens (including phenoxy) is 1. The smallest absolute Gasteiger partial charge is 0.220 e. The Morgan fingerprint density at radius 3 is 2.55 bits per heavy atom. The van der Waals surface area contributed by atoms with Crippen LogP contribution in [0.15, 0.2) is 24.3 Å². The van der Waals surface area contributed by atoms with Crippen LogP contribution in [0.3, 0.4) is 0 Å². The quantitative estimate of drug-likeness (QED) is 0.848. The van der Waals surface area contributed by atoms with E-state index < -0.39 is 0 Å². The Morgan fingerprint density at radius 1 is 1.40 bits per heavy atom. The lowest BCUT2D eigenvalue weighted by molar-refractivity contribution is -0.121. The van der Waals surface area contributed by atoms with Crippen molar-refractivity contribution in [2.45, 2.75) is 38.6 Å². The molecule has 3 N–H and O–H groups in total. The van der Waals surface area contributed by atoms with E-state index in [0.717, 1.165) is 11.3 Å². The van der Waals surface area contributed by atoms with Gasteiger partial charge in [-0.05, 0) is 31.4 Å². The monoisotopic (exact) mass is 300 g/mol. The molecule has 4 nitrogen and oxygen atoms in total. The number of methoxy groups -OCH3 is 1. The van der Waals surface area contributed by atoms with Crippen LogP contribution in [0.1, 0.15) is 38.7 Å². The molecular formula is C15H25ClN2O2. The van der Waals surface area contributed by atoms with E-state index in [-0.39, 0.29) is 29.8 Å². The van der Waals surface area contributed by atoms with E-state index in [1.54, 1.807) is 7.11 Å². The van der Waals surface area contributed by atoms with Gasteiger partial charge in [-0.15, -0.1) is 12.4 Å². The average Bonchev–Trinajstić information content (AvgIpc) is 2.35. The Bertz CT molecular complexity index is 430. The first kappa shape index (κ1) is 18.7. The van der Waals surface area contributed by atoms with Crippen LogP contribution in [-0.2, 0) is 4.79 Å². The Morgan fingerprint density at radius 2 is 2.00 bits per heavy atom. The Hall–Kier alpha value is -1.26. The predicted molar refractivity (Wildman–Crippen MR) is 84.6 cm³/mol. The third-order valence-electron chi connectivity index (χ3n) is 2.90. The van der Waals surface area contributed by atoms with Crippen molar-refractivity contribution >= 4 is 18.3 Å². The maximum atomic E-state index is 11.9. The number of carbonyl (C=O) groups is 1. The number of nitrogens with one attached hydrogen (secondary N) is 1. The Kier molecular flexibility index (Phi) is 7.61. The van der Waals surface area contributed by atoms with Crippen molar-refractivity contribution in [3.8, 4) is 5.75 Å². The summed E-state index contributed by atoms with van der Waals surface area (Å²) in [6.07, 6.45) is 0.427. The SMILES string of the molecule is COc1ccccc1C(C)CC(=O)NCC(C)(C)N.Cl. The maximum Gasteiger partial charge on any atom is 0.220 e. The van der Waals surface area contributed by atoms with Crippen LogP contribution in [0.5, 0.6) is 5.75 Å². The fourth-order valence-electron chi connectivity index (χ4n) is 1.86. The molecule has 0 heterocycles. The van der Waals surface area contributed by atoms with Crippen LogP contribution in [0, 0.1) is 0 Å². The number of benzene rings is 1. The molecule has 0 aliphatic carbocycles. The zero-order valence-electron chi connectivity index (χ0n) is 12.6. The number of para-hydroxylation sites is 1. The van der Waals surface area contributed by atoms with Gasteiger partial charge in [0, 0.05) is 18.5 Å². The molecular weight excluding hydrogens is 276 g/mol. The van der Waals surface area contributed by atoms with Crippen molar-refractivity contribution in [2.75, 3.05) is 13.7 Å².